The third-order valence-electron chi connectivity index (χ3n) is 2.10. The van der Waals surface area contributed by atoms with Gasteiger partial charge in [0.15, 0.2) is 0 Å². The zero-order valence-electron chi connectivity index (χ0n) is 9.74. The van der Waals surface area contributed by atoms with Gasteiger partial charge in [-0.3, -0.25) is 10.1 Å². The zero-order valence-corrected chi connectivity index (χ0v) is 10.6. The summed E-state index contributed by atoms with van der Waals surface area (Å²) in [4.78, 5) is 9.87. The van der Waals surface area contributed by atoms with Crippen molar-refractivity contribution in [3.8, 4) is 0 Å². The second kappa shape index (κ2) is 5.89. The molecular formula is C10H14N2O5S. The molecule has 0 heterocycles. The first-order valence-electron chi connectivity index (χ1n) is 5.19. The van der Waals surface area contributed by atoms with E-state index in [1.54, 1.807) is 0 Å². The fraction of sp³-hybridized carbons (Fsp3) is 0.400. The lowest BCUT2D eigenvalue weighted by Gasteiger charge is -2.08. The van der Waals surface area contributed by atoms with E-state index in [2.05, 4.69) is 4.72 Å². The van der Waals surface area contributed by atoms with E-state index < -0.39 is 21.1 Å². The van der Waals surface area contributed by atoms with Crippen molar-refractivity contribution in [3.05, 3.63) is 39.9 Å². The molecule has 0 aliphatic rings. The Labute approximate surface area is 105 Å². The summed E-state index contributed by atoms with van der Waals surface area (Å²) in [5.74, 6) is -0.280. The van der Waals surface area contributed by atoms with Crippen molar-refractivity contribution in [2.75, 3.05) is 6.54 Å². The maximum atomic E-state index is 11.6. The van der Waals surface area contributed by atoms with Crippen LogP contribution in [0.3, 0.4) is 0 Å². The number of aliphatic hydroxyl groups is 1. The van der Waals surface area contributed by atoms with E-state index in [1.807, 2.05) is 0 Å². The van der Waals surface area contributed by atoms with Gasteiger partial charge in [-0.2, -0.15) is 0 Å². The van der Waals surface area contributed by atoms with Gasteiger partial charge in [0, 0.05) is 18.7 Å². The van der Waals surface area contributed by atoms with Crippen LogP contribution in [0.1, 0.15) is 12.5 Å². The Balaban J connectivity index is 2.69. The average molecular weight is 274 g/mol. The molecule has 1 aromatic carbocycles. The summed E-state index contributed by atoms with van der Waals surface area (Å²) in [6.45, 7) is 1.41. The molecule has 2 N–H and O–H groups in total. The standard InChI is InChI=1S/C10H14N2O5S/c1-8(13)6-11-18(16,17)7-9-2-4-10(5-3-9)12(14)15/h2-5,8,11,13H,6-7H2,1H3. The van der Waals surface area contributed by atoms with Gasteiger partial charge in [-0.15, -0.1) is 0 Å². The predicted molar refractivity (Wildman–Crippen MR) is 65.4 cm³/mol. The number of nitro groups is 1. The number of non-ortho nitro benzene ring substituents is 1. The second-order valence-electron chi connectivity index (χ2n) is 3.88. The van der Waals surface area contributed by atoms with Crippen LogP contribution in [0.25, 0.3) is 0 Å². The smallest absolute Gasteiger partial charge is 0.269 e. The van der Waals surface area contributed by atoms with E-state index in [1.165, 1.54) is 31.2 Å². The Bertz CT molecular complexity index is 510. The predicted octanol–water partition coefficient (Wildman–Crippen LogP) is 0.395. The van der Waals surface area contributed by atoms with Gasteiger partial charge in [-0.05, 0) is 12.5 Å². The van der Waals surface area contributed by atoms with E-state index in [0.29, 0.717) is 5.56 Å². The third-order valence-corrected chi connectivity index (χ3v) is 3.42. The van der Waals surface area contributed by atoms with Gasteiger partial charge >= 0.3 is 0 Å². The van der Waals surface area contributed by atoms with Crippen LogP contribution in [-0.2, 0) is 15.8 Å². The Kier molecular flexibility index (Phi) is 4.76. The summed E-state index contributed by atoms with van der Waals surface area (Å²) in [6, 6.07) is 5.28. The molecule has 7 nitrogen and oxygen atoms in total. The van der Waals surface area contributed by atoms with E-state index in [-0.39, 0.29) is 18.0 Å². The summed E-state index contributed by atoms with van der Waals surface area (Å²) >= 11 is 0. The van der Waals surface area contributed by atoms with Crippen molar-refractivity contribution in [2.45, 2.75) is 18.8 Å². The molecule has 0 aliphatic heterocycles. The molecule has 0 spiro atoms. The fourth-order valence-electron chi connectivity index (χ4n) is 1.23. The first kappa shape index (κ1) is 14.6. The van der Waals surface area contributed by atoms with Crippen LogP contribution >= 0.6 is 0 Å². The summed E-state index contributed by atoms with van der Waals surface area (Å²) < 4.78 is 25.4. The molecule has 0 radical (unpaired) electrons. The molecule has 0 amide bonds. The summed E-state index contributed by atoms with van der Waals surface area (Å²) in [5, 5.41) is 19.4. The van der Waals surface area contributed by atoms with Crippen molar-refractivity contribution in [3.63, 3.8) is 0 Å². The van der Waals surface area contributed by atoms with Crippen LogP contribution in [-0.4, -0.2) is 31.1 Å². The average Bonchev–Trinajstić information content (AvgIpc) is 2.27. The van der Waals surface area contributed by atoms with Gasteiger partial charge in [-0.1, -0.05) is 12.1 Å². The molecule has 1 aromatic rings. The van der Waals surface area contributed by atoms with Crippen molar-refractivity contribution in [1.82, 2.24) is 4.72 Å². The number of hydrogen-bond acceptors (Lipinski definition) is 5. The van der Waals surface area contributed by atoms with E-state index in [0.717, 1.165) is 0 Å². The number of hydrogen-bond donors (Lipinski definition) is 2. The number of rotatable bonds is 6. The molecule has 0 bridgehead atoms. The lowest BCUT2D eigenvalue weighted by Crippen LogP contribution is -2.31. The molecule has 0 aromatic heterocycles. The SMILES string of the molecule is CC(O)CNS(=O)(=O)Cc1ccc([N+](=O)[O-])cc1. The number of sulfonamides is 1. The van der Waals surface area contributed by atoms with Crippen molar-refractivity contribution in [1.29, 1.82) is 0 Å². The quantitative estimate of drug-likeness (QED) is 0.576. The number of benzene rings is 1. The monoisotopic (exact) mass is 274 g/mol. The largest absolute Gasteiger partial charge is 0.392 e. The molecule has 1 rings (SSSR count). The van der Waals surface area contributed by atoms with Crippen molar-refractivity contribution in [2.24, 2.45) is 0 Å². The number of nitrogens with one attached hydrogen (secondary N) is 1. The number of aliphatic hydroxyl groups excluding tert-OH is 1. The van der Waals surface area contributed by atoms with E-state index in [4.69, 9.17) is 5.11 Å². The van der Waals surface area contributed by atoms with Crippen LogP contribution in [0.15, 0.2) is 24.3 Å². The topological polar surface area (TPSA) is 110 Å². The Morgan fingerprint density at radius 2 is 1.94 bits per heavy atom. The Hall–Kier alpha value is -1.51. The zero-order chi connectivity index (χ0) is 13.8. The second-order valence-corrected chi connectivity index (χ2v) is 5.69. The Morgan fingerprint density at radius 1 is 1.39 bits per heavy atom. The minimum atomic E-state index is -3.54. The molecule has 100 valence electrons. The molecule has 1 atom stereocenters. The van der Waals surface area contributed by atoms with Gasteiger partial charge in [0.05, 0.1) is 16.8 Å². The highest BCUT2D eigenvalue weighted by molar-refractivity contribution is 7.88. The van der Waals surface area contributed by atoms with Crippen LogP contribution in [0.5, 0.6) is 0 Å². The maximum absolute atomic E-state index is 11.6. The van der Waals surface area contributed by atoms with Gasteiger partial charge in [0.25, 0.3) is 5.69 Å². The third kappa shape index (κ3) is 4.78. The summed E-state index contributed by atoms with van der Waals surface area (Å²) in [6.07, 6.45) is -0.767. The van der Waals surface area contributed by atoms with Crippen molar-refractivity contribution >= 4 is 15.7 Å². The molecular weight excluding hydrogens is 260 g/mol. The highest BCUT2D eigenvalue weighted by Crippen LogP contribution is 2.13. The van der Waals surface area contributed by atoms with Gasteiger partial charge in [0.1, 0.15) is 0 Å². The minimum absolute atomic E-state index is 0.0602. The summed E-state index contributed by atoms with van der Waals surface area (Å²) in [7, 11) is -3.54. The molecule has 8 heteroatoms. The van der Waals surface area contributed by atoms with Crippen LogP contribution < -0.4 is 4.72 Å². The van der Waals surface area contributed by atoms with E-state index in [9.17, 15) is 18.5 Å². The molecule has 1 unspecified atom stereocenters. The van der Waals surface area contributed by atoms with Crippen LogP contribution in [0.2, 0.25) is 0 Å². The fourth-order valence-corrected chi connectivity index (χ4v) is 2.46. The minimum Gasteiger partial charge on any atom is -0.392 e. The highest BCUT2D eigenvalue weighted by atomic mass is 32.2. The molecule has 0 saturated heterocycles. The molecule has 18 heavy (non-hydrogen) atoms. The van der Waals surface area contributed by atoms with Crippen molar-refractivity contribution < 1.29 is 18.4 Å². The van der Waals surface area contributed by atoms with Gasteiger partial charge in [0.2, 0.25) is 10.0 Å². The lowest BCUT2D eigenvalue weighted by molar-refractivity contribution is -0.384. The first-order valence-corrected chi connectivity index (χ1v) is 6.84. The summed E-state index contributed by atoms with van der Waals surface area (Å²) in [5.41, 5.74) is 0.354. The number of nitrogens with zero attached hydrogens (tertiary/aromatic N) is 1. The molecule has 0 aliphatic carbocycles. The normalized spacial score (nSPS) is 13.2. The highest BCUT2D eigenvalue weighted by Gasteiger charge is 2.13. The van der Waals surface area contributed by atoms with Gasteiger partial charge < -0.3 is 5.11 Å². The molecule has 0 fully saturated rings. The van der Waals surface area contributed by atoms with E-state index >= 15 is 0 Å². The van der Waals surface area contributed by atoms with Crippen LogP contribution in [0.4, 0.5) is 5.69 Å². The van der Waals surface area contributed by atoms with Crippen LogP contribution in [0, 0.1) is 10.1 Å². The maximum Gasteiger partial charge on any atom is 0.269 e. The lowest BCUT2D eigenvalue weighted by atomic mass is 10.2. The Morgan fingerprint density at radius 3 is 2.39 bits per heavy atom. The number of nitro benzene ring substituents is 1. The molecule has 0 saturated carbocycles. The van der Waals surface area contributed by atoms with Gasteiger partial charge in [-0.25, -0.2) is 13.1 Å². The first-order chi connectivity index (χ1) is 8.30.